The maximum atomic E-state index is 12.4. The van der Waals surface area contributed by atoms with Crippen LogP contribution in [-0.4, -0.2) is 16.9 Å². The van der Waals surface area contributed by atoms with Crippen LogP contribution in [0.4, 0.5) is 5.69 Å². The Bertz CT molecular complexity index is 1120. The normalized spacial score (nSPS) is 10.3. The molecule has 4 aromatic rings. The number of anilines is 1. The van der Waals surface area contributed by atoms with Crippen molar-refractivity contribution in [1.82, 2.24) is 4.98 Å². The molecule has 5 nitrogen and oxygen atoms in total. The molecule has 0 unspecified atom stereocenters. The molecule has 3 aromatic carbocycles. The van der Waals surface area contributed by atoms with Crippen LogP contribution in [0.1, 0.15) is 20.8 Å². The van der Waals surface area contributed by atoms with E-state index in [0.717, 1.165) is 10.6 Å². The Kier molecular flexibility index (Phi) is 5.45. The topological polar surface area (TPSA) is 68.3 Å². The summed E-state index contributed by atoms with van der Waals surface area (Å²) in [5.74, 6) is -0.349. The third kappa shape index (κ3) is 4.56. The highest BCUT2D eigenvalue weighted by atomic mass is 32.1. The fraction of sp³-hybridized carbons (Fsp3) is 0. The molecule has 1 aromatic heterocycles. The molecule has 1 heterocycles. The summed E-state index contributed by atoms with van der Waals surface area (Å²) in [6.07, 6.45) is 0. The van der Waals surface area contributed by atoms with Gasteiger partial charge in [0.05, 0.1) is 0 Å². The maximum Gasteiger partial charge on any atom is 0.363 e. The van der Waals surface area contributed by atoms with Gasteiger partial charge in [0, 0.05) is 22.2 Å². The van der Waals surface area contributed by atoms with E-state index in [-0.39, 0.29) is 11.6 Å². The van der Waals surface area contributed by atoms with Crippen molar-refractivity contribution in [1.29, 1.82) is 0 Å². The summed E-state index contributed by atoms with van der Waals surface area (Å²) in [7, 11) is 0. The van der Waals surface area contributed by atoms with Crippen LogP contribution in [0.25, 0.3) is 10.6 Å². The van der Waals surface area contributed by atoms with E-state index in [2.05, 4.69) is 10.3 Å². The molecular formula is C23H16N2O3S. The average molecular weight is 400 g/mol. The smallest absolute Gasteiger partial charge is 0.363 e. The first kappa shape index (κ1) is 18.6. The van der Waals surface area contributed by atoms with E-state index in [0.29, 0.717) is 17.0 Å². The molecule has 4 rings (SSSR count). The Morgan fingerprint density at radius 3 is 2.17 bits per heavy atom. The molecule has 142 valence electrons. The molecule has 0 saturated carbocycles. The minimum Gasteiger partial charge on any atom is -0.422 e. The number of aromatic nitrogens is 1. The lowest BCUT2D eigenvalue weighted by molar-refractivity contribution is 0.0729. The molecule has 0 saturated heterocycles. The number of thiazole rings is 1. The highest BCUT2D eigenvalue weighted by Crippen LogP contribution is 2.24. The number of esters is 1. The molecule has 0 aliphatic rings. The van der Waals surface area contributed by atoms with Gasteiger partial charge in [-0.3, -0.25) is 4.79 Å². The van der Waals surface area contributed by atoms with Crippen LogP contribution >= 0.6 is 11.3 Å². The number of amides is 1. The first-order valence-electron chi connectivity index (χ1n) is 8.88. The number of nitrogens with zero attached hydrogens (tertiary/aromatic N) is 1. The third-order valence-corrected chi connectivity index (χ3v) is 4.98. The third-order valence-electron chi connectivity index (χ3n) is 4.09. The van der Waals surface area contributed by atoms with Crippen molar-refractivity contribution >= 4 is 28.9 Å². The number of nitrogens with one attached hydrogen (secondary N) is 1. The van der Waals surface area contributed by atoms with Crippen LogP contribution < -0.4 is 10.1 Å². The predicted octanol–water partition coefficient (Wildman–Crippen LogP) is 5.28. The van der Waals surface area contributed by atoms with Gasteiger partial charge in [0.1, 0.15) is 10.8 Å². The number of carbonyl (C=O) groups is 2. The minimum absolute atomic E-state index is 0.203. The van der Waals surface area contributed by atoms with Gasteiger partial charge in [-0.05, 0) is 36.4 Å². The zero-order chi connectivity index (χ0) is 20.1. The van der Waals surface area contributed by atoms with Crippen LogP contribution in [0.5, 0.6) is 5.75 Å². The summed E-state index contributed by atoms with van der Waals surface area (Å²) in [5.41, 5.74) is 2.39. The quantitative estimate of drug-likeness (QED) is 0.365. The Morgan fingerprint density at radius 2 is 1.48 bits per heavy atom. The van der Waals surface area contributed by atoms with Gasteiger partial charge in [-0.25, -0.2) is 9.78 Å². The van der Waals surface area contributed by atoms with E-state index in [4.69, 9.17) is 4.74 Å². The van der Waals surface area contributed by atoms with Crippen molar-refractivity contribution in [3.8, 4) is 16.3 Å². The average Bonchev–Trinajstić information content (AvgIpc) is 3.27. The molecule has 0 spiro atoms. The summed E-state index contributed by atoms with van der Waals surface area (Å²) in [4.78, 5) is 28.9. The lowest BCUT2D eigenvalue weighted by atomic mass is 10.2. The summed E-state index contributed by atoms with van der Waals surface area (Å²) >= 11 is 1.39. The lowest BCUT2D eigenvalue weighted by Gasteiger charge is -2.07. The maximum absolute atomic E-state index is 12.4. The zero-order valence-corrected chi connectivity index (χ0v) is 16.1. The second-order valence-electron chi connectivity index (χ2n) is 6.14. The number of carbonyl (C=O) groups excluding carboxylic acids is 2. The van der Waals surface area contributed by atoms with E-state index >= 15 is 0 Å². The lowest BCUT2D eigenvalue weighted by Crippen LogP contribution is -2.12. The highest BCUT2D eigenvalue weighted by molar-refractivity contribution is 7.13. The number of ether oxygens (including phenoxy) is 1. The number of rotatable bonds is 5. The van der Waals surface area contributed by atoms with E-state index in [1.165, 1.54) is 11.3 Å². The van der Waals surface area contributed by atoms with Gasteiger partial charge >= 0.3 is 5.97 Å². The molecule has 29 heavy (non-hydrogen) atoms. The van der Waals surface area contributed by atoms with Crippen molar-refractivity contribution in [2.24, 2.45) is 0 Å². The predicted molar refractivity (Wildman–Crippen MR) is 113 cm³/mol. The van der Waals surface area contributed by atoms with E-state index in [1.54, 1.807) is 53.9 Å². The van der Waals surface area contributed by atoms with Crippen molar-refractivity contribution < 1.29 is 14.3 Å². The van der Waals surface area contributed by atoms with Gasteiger partial charge in [0.2, 0.25) is 0 Å². The summed E-state index contributed by atoms with van der Waals surface area (Å²) in [6, 6.07) is 25.2. The molecule has 1 amide bonds. The van der Waals surface area contributed by atoms with Crippen molar-refractivity contribution in [3.05, 3.63) is 102 Å². The van der Waals surface area contributed by atoms with Crippen LogP contribution in [0.3, 0.4) is 0 Å². The van der Waals surface area contributed by atoms with Crippen molar-refractivity contribution in [2.45, 2.75) is 0 Å². The standard InChI is InChI=1S/C23H16N2O3S/c26-21(16-7-3-1-4-8-16)24-18-11-13-19(14-12-18)28-23(27)20-15-29-22(25-20)17-9-5-2-6-10-17/h1-15H,(H,24,26). The summed E-state index contributed by atoms with van der Waals surface area (Å²) in [5, 5.41) is 5.24. The molecule has 0 atom stereocenters. The Morgan fingerprint density at radius 1 is 0.828 bits per heavy atom. The van der Waals surface area contributed by atoms with Gasteiger partial charge in [-0.15, -0.1) is 11.3 Å². The monoisotopic (exact) mass is 400 g/mol. The van der Waals surface area contributed by atoms with Crippen LogP contribution in [0, 0.1) is 0 Å². The molecule has 0 aliphatic heterocycles. The molecule has 0 bridgehead atoms. The first-order chi connectivity index (χ1) is 14.2. The van der Waals surface area contributed by atoms with Crippen molar-refractivity contribution in [2.75, 3.05) is 5.32 Å². The molecular weight excluding hydrogens is 384 g/mol. The van der Waals surface area contributed by atoms with E-state index in [9.17, 15) is 9.59 Å². The molecule has 0 radical (unpaired) electrons. The van der Waals surface area contributed by atoms with Crippen LogP contribution in [-0.2, 0) is 0 Å². The first-order valence-corrected chi connectivity index (χ1v) is 9.76. The highest BCUT2D eigenvalue weighted by Gasteiger charge is 2.14. The van der Waals surface area contributed by atoms with Gasteiger partial charge in [-0.2, -0.15) is 0 Å². The second-order valence-corrected chi connectivity index (χ2v) is 7.00. The molecule has 6 heteroatoms. The summed E-state index contributed by atoms with van der Waals surface area (Å²) in [6.45, 7) is 0. The Balaban J connectivity index is 1.39. The SMILES string of the molecule is O=C(Nc1ccc(OC(=O)c2csc(-c3ccccc3)n2)cc1)c1ccccc1. The largest absolute Gasteiger partial charge is 0.422 e. The Hall–Kier alpha value is -3.77. The fourth-order valence-electron chi connectivity index (χ4n) is 2.64. The van der Waals surface area contributed by atoms with Gasteiger partial charge < -0.3 is 10.1 Å². The van der Waals surface area contributed by atoms with E-state index < -0.39 is 5.97 Å². The Labute approximate surface area is 171 Å². The van der Waals surface area contributed by atoms with Crippen LogP contribution in [0.15, 0.2) is 90.3 Å². The zero-order valence-electron chi connectivity index (χ0n) is 15.2. The minimum atomic E-state index is -0.524. The van der Waals surface area contributed by atoms with E-state index in [1.807, 2.05) is 36.4 Å². The number of hydrogen-bond acceptors (Lipinski definition) is 5. The number of benzene rings is 3. The van der Waals surface area contributed by atoms with Gasteiger partial charge in [0.25, 0.3) is 5.91 Å². The second kappa shape index (κ2) is 8.50. The molecule has 0 aliphatic carbocycles. The van der Waals surface area contributed by atoms with Crippen LogP contribution in [0.2, 0.25) is 0 Å². The molecule has 1 N–H and O–H groups in total. The van der Waals surface area contributed by atoms with Gasteiger partial charge in [0.15, 0.2) is 5.69 Å². The van der Waals surface area contributed by atoms with Crippen molar-refractivity contribution in [3.63, 3.8) is 0 Å². The summed E-state index contributed by atoms with van der Waals surface area (Å²) < 4.78 is 5.39. The van der Waals surface area contributed by atoms with Gasteiger partial charge in [-0.1, -0.05) is 48.5 Å². The number of hydrogen-bond donors (Lipinski definition) is 1. The fourth-order valence-corrected chi connectivity index (χ4v) is 3.43. The molecule has 0 fully saturated rings.